The quantitative estimate of drug-likeness (QED) is 0.415. The van der Waals surface area contributed by atoms with E-state index in [0.29, 0.717) is 29.3 Å². The lowest BCUT2D eigenvalue weighted by Gasteiger charge is -2.06. The van der Waals surface area contributed by atoms with Gasteiger partial charge in [0.1, 0.15) is 17.2 Å². The third kappa shape index (κ3) is 4.84. The molecule has 0 radical (unpaired) electrons. The number of aromatic nitrogens is 1. The maximum Gasteiger partial charge on any atom is 0.279 e. The Kier molecular flexibility index (Phi) is 6.45. The minimum atomic E-state index is -0.309. The SMILES string of the molecule is COCCn1c(=NC(=O)c2ccc(Oc3ccccc3)cc2)sc2cc(OC)ccc21. The van der Waals surface area contributed by atoms with Crippen molar-refractivity contribution < 1.29 is 19.0 Å². The molecule has 3 aromatic carbocycles. The Labute approximate surface area is 184 Å². The molecule has 31 heavy (non-hydrogen) atoms. The number of fused-ring (bicyclic) bond motifs is 1. The molecule has 0 aliphatic heterocycles. The molecule has 0 saturated heterocycles. The van der Waals surface area contributed by atoms with Crippen LogP contribution in [0.3, 0.4) is 0 Å². The van der Waals surface area contributed by atoms with Crippen LogP contribution in [0.25, 0.3) is 10.2 Å². The number of amides is 1. The Morgan fingerprint density at radius 1 is 0.935 bits per heavy atom. The van der Waals surface area contributed by atoms with E-state index in [9.17, 15) is 4.79 Å². The van der Waals surface area contributed by atoms with Crippen molar-refractivity contribution in [3.8, 4) is 17.2 Å². The van der Waals surface area contributed by atoms with Gasteiger partial charge in [-0.15, -0.1) is 0 Å². The summed E-state index contributed by atoms with van der Waals surface area (Å²) >= 11 is 1.45. The zero-order chi connectivity index (χ0) is 21.6. The van der Waals surface area contributed by atoms with E-state index < -0.39 is 0 Å². The van der Waals surface area contributed by atoms with Crippen molar-refractivity contribution in [2.45, 2.75) is 6.54 Å². The van der Waals surface area contributed by atoms with Crippen LogP contribution in [0.2, 0.25) is 0 Å². The number of para-hydroxylation sites is 1. The highest BCUT2D eigenvalue weighted by atomic mass is 32.1. The normalized spacial score (nSPS) is 11.6. The van der Waals surface area contributed by atoms with Crippen molar-refractivity contribution in [1.82, 2.24) is 4.57 Å². The molecule has 6 nitrogen and oxygen atoms in total. The molecule has 1 heterocycles. The lowest BCUT2D eigenvalue weighted by atomic mass is 10.2. The number of hydrogen-bond donors (Lipinski definition) is 0. The van der Waals surface area contributed by atoms with Crippen LogP contribution in [0, 0.1) is 0 Å². The van der Waals surface area contributed by atoms with Crippen LogP contribution in [0.1, 0.15) is 10.4 Å². The molecule has 0 saturated carbocycles. The first-order valence-corrected chi connectivity index (χ1v) is 10.6. The number of nitrogens with zero attached hydrogens (tertiary/aromatic N) is 2. The number of carbonyl (C=O) groups excluding carboxylic acids is 1. The van der Waals surface area contributed by atoms with Crippen molar-refractivity contribution in [3.63, 3.8) is 0 Å². The van der Waals surface area contributed by atoms with Gasteiger partial charge in [-0.05, 0) is 54.6 Å². The zero-order valence-electron chi connectivity index (χ0n) is 17.3. The van der Waals surface area contributed by atoms with E-state index in [1.807, 2.05) is 53.1 Å². The molecule has 0 aliphatic carbocycles. The molecule has 158 valence electrons. The van der Waals surface area contributed by atoms with Gasteiger partial charge in [0.2, 0.25) is 0 Å². The molecule has 1 aromatic heterocycles. The molecular formula is C24H22N2O4S. The van der Waals surface area contributed by atoms with Gasteiger partial charge in [-0.1, -0.05) is 29.5 Å². The molecule has 1 amide bonds. The highest BCUT2D eigenvalue weighted by Gasteiger charge is 2.11. The summed E-state index contributed by atoms with van der Waals surface area (Å²) in [6.07, 6.45) is 0. The predicted molar refractivity (Wildman–Crippen MR) is 121 cm³/mol. The lowest BCUT2D eigenvalue weighted by molar-refractivity contribution is 0.0997. The van der Waals surface area contributed by atoms with E-state index in [1.54, 1.807) is 38.5 Å². The predicted octanol–water partition coefficient (Wildman–Crippen LogP) is 4.89. The number of rotatable bonds is 7. The first-order chi connectivity index (χ1) is 15.2. The summed E-state index contributed by atoms with van der Waals surface area (Å²) in [6, 6.07) is 22.3. The molecule has 0 aliphatic rings. The van der Waals surface area contributed by atoms with Gasteiger partial charge in [0, 0.05) is 19.2 Å². The fourth-order valence-corrected chi connectivity index (χ4v) is 4.19. The highest BCUT2D eigenvalue weighted by Crippen LogP contribution is 2.24. The summed E-state index contributed by atoms with van der Waals surface area (Å²) in [5.74, 6) is 1.86. The summed E-state index contributed by atoms with van der Waals surface area (Å²) in [6.45, 7) is 1.11. The van der Waals surface area contributed by atoms with Crippen LogP contribution in [-0.2, 0) is 11.3 Å². The van der Waals surface area contributed by atoms with Gasteiger partial charge in [-0.25, -0.2) is 0 Å². The summed E-state index contributed by atoms with van der Waals surface area (Å²) < 4.78 is 19.3. The monoisotopic (exact) mass is 434 g/mol. The van der Waals surface area contributed by atoms with E-state index in [2.05, 4.69) is 4.99 Å². The Morgan fingerprint density at radius 2 is 1.65 bits per heavy atom. The molecule has 0 spiro atoms. The molecule has 0 bridgehead atoms. The second kappa shape index (κ2) is 9.59. The van der Waals surface area contributed by atoms with E-state index in [0.717, 1.165) is 21.7 Å². The van der Waals surface area contributed by atoms with Crippen molar-refractivity contribution in [1.29, 1.82) is 0 Å². The smallest absolute Gasteiger partial charge is 0.279 e. The number of carbonyl (C=O) groups is 1. The molecular weight excluding hydrogens is 412 g/mol. The number of methoxy groups -OCH3 is 2. The van der Waals surface area contributed by atoms with Crippen molar-refractivity contribution >= 4 is 27.5 Å². The zero-order valence-corrected chi connectivity index (χ0v) is 18.1. The fourth-order valence-electron chi connectivity index (χ4n) is 3.11. The van der Waals surface area contributed by atoms with Crippen LogP contribution >= 0.6 is 11.3 Å². The maximum atomic E-state index is 12.8. The van der Waals surface area contributed by atoms with E-state index in [-0.39, 0.29) is 5.91 Å². The summed E-state index contributed by atoms with van der Waals surface area (Å²) in [7, 11) is 3.28. The minimum Gasteiger partial charge on any atom is -0.497 e. The van der Waals surface area contributed by atoms with Gasteiger partial charge in [-0.3, -0.25) is 4.79 Å². The minimum absolute atomic E-state index is 0.309. The van der Waals surface area contributed by atoms with Gasteiger partial charge in [0.05, 0.1) is 23.9 Å². The Balaban J connectivity index is 1.63. The van der Waals surface area contributed by atoms with Crippen LogP contribution in [0.15, 0.2) is 77.8 Å². The average molecular weight is 435 g/mol. The van der Waals surface area contributed by atoms with Crippen LogP contribution in [0.4, 0.5) is 0 Å². The second-order valence-corrected chi connectivity index (χ2v) is 7.73. The van der Waals surface area contributed by atoms with E-state index >= 15 is 0 Å². The molecule has 7 heteroatoms. The van der Waals surface area contributed by atoms with Gasteiger partial charge in [0.25, 0.3) is 5.91 Å². The molecule has 0 atom stereocenters. The van der Waals surface area contributed by atoms with E-state index in [4.69, 9.17) is 14.2 Å². The second-order valence-electron chi connectivity index (χ2n) is 6.72. The third-order valence-corrected chi connectivity index (χ3v) is 5.73. The van der Waals surface area contributed by atoms with Crippen LogP contribution in [0.5, 0.6) is 17.2 Å². The topological polar surface area (TPSA) is 62.1 Å². The summed E-state index contributed by atoms with van der Waals surface area (Å²) in [5, 5.41) is 0. The molecule has 0 unspecified atom stereocenters. The van der Waals surface area contributed by atoms with Crippen molar-refractivity contribution in [3.05, 3.63) is 83.2 Å². The van der Waals surface area contributed by atoms with Crippen molar-refractivity contribution in [2.24, 2.45) is 4.99 Å². The summed E-state index contributed by atoms with van der Waals surface area (Å²) in [5.41, 5.74) is 1.48. The third-order valence-electron chi connectivity index (χ3n) is 4.69. The highest BCUT2D eigenvalue weighted by molar-refractivity contribution is 7.16. The Hall–Kier alpha value is -3.42. The van der Waals surface area contributed by atoms with Gasteiger partial charge >= 0.3 is 0 Å². The standard InChI is InChI=1S/C24H22N2O4S/c1-28-15-14-26-21-13-12-20(29-2)16-22(21)31-24(26)25-23(27)17-8-10-19(11-9-17)30-18-6-4-3-5-7-18/h3-13,16H,14-15H2,1-2H3. The first kappa shape index (κ1) is 20.8. The van der Waals surface area contributed by atoms with Gasteiger partial charge < -0.3 is 18.8 Å². The van der Waals surface area contributed by atoms with Gasteiger partial charge in [0.15, 0.2) is 4.80 Å². The molecule has 0 N–H and O–H groups in total. The van der Waals surface area contributed by atoms with E-state index in [1.165, 1.54) is 11.3 Å². The molecule has 0 fully saturated rings. The molecule has 4 rings (SSSR count). The summed E-state index contributed by atoms with van der Waals surface area (Å²) in [4.78, 5) is 17.9. The first-order valence-electron chi connectivity index (χ1n) is 9.76. The Bertz CT molecular complexity index is 1240. The Morgan fingerprint density at radius 3 is 2.35 bits per heavy atom. The lowest BCUT2D eigenvalue weighted by Crippen LogP contribution is -2.19. The van der Waals surface area contributed by atoms with Crippen LogP contribution < -0.4 is 14.3 Å². The van der Waals surface area contributed by atoms with Crippen LogP contribution in [-0.4, -0.2) is 31.3 Å². The van der Waals surface area contributed by atoms with Gasteiger partial charge in [-0.2, -0.15) is 4.99 Å². The maximum absolute atomic E-state index is 12.8. The number of thiazole rings is 1. The number of ether oxygens (including phenoxy) is 3. The fraction of sp³-hybridized carbons (Fsp3) is 0.167. The largest absolute Gasteiger partial charge is 0.497 e. The average Bonchev–Trinajstić information content (AvgIpc) is 3.14. The van der Waals surface area contributed by atoms with Crippen molar-refractivity contribution in [2.75, 3.05) is 20.8 Å². The number of hydrogen-bond acceptors (Lipinski definition) is 5. The molecule has 4 aromatic rings. The number of benzene rings is 3.